The van der Waals surface area contributed by atoms with Crippen molar-refractivity contribution in [2.75, 3.05) is 13.6 Å². The molecule has 2 N–H and O–H groups in total. The summed E-state index contributed by atoms with van der Waals surface area (Å²) >= 11 is 0. The predicted molar refractivity (Wildman–Crippen MR) is 54.6 cm³/mol. The second kappa shape index (κ2) is 3.67. The van der Waals surface area contributed by atoms with Gasteiger partial charge < -0.3 is 4.90 Å². The van der Waals surface area contributed by atoms with Crippen LogP contribution in [0, 0.1) is 0 Å². The third-order valence-electron chi connectivity index (χ3n) is 2.47. The molecule has 16 heavy (non-hydrogen) atoms. The van der Waals surface area contributed by atoms with Crippen molar-refractivity contribution in [2.45, 2.75) is 12.4 Å². The summed E-state index contributed by atoms with van der Waals surface area (Å²) in [6.45, 7) is 1.15. The Labute approximate surface area is 94.0 Å². The van der Waals surface area contributed by atoms with Gasteiger partial charge in [0.2, 0.25) is 0 Å². The lowest BCUT2D eigenvalue weighted by molar-refractivity contribution is -0.770. The van der Waals surface area contributed by atoms with Crippen LogP contribution in [0.3, 0.4) is 0 Å². The molecule has 1 aliphatic rings. The van der Waals surface area contributed by atoms with Crippen molar-refractivity contribution in [3.05, 3.63) is 12.4 Å². The van der Waals surface area contributed by atoms with Gasteiger partial charge in [0.1, 0.15) is 6.20 Å². The summed E-state index contributed by atoms with van der Waals surface area (Å²) in [6, 6.07) is 0. The van der Waals surface area contributed by atoms with Gasteiger partial charge >= 0.3 is 25.9 Å². The Morgan fingerprint density at radius 3 is 2.06 bits per heavy atom. The Kier molecular flexibility index (Phi) is 3.07. The fraction of sp³-hybridized carbons (Fsp3) is 0.667. The van der Waals surface area contributed by atoms with E-state index in [9.17, 15) is 16.8 Å². The minimum absolute atomic E-state index is 0.232. The molecule has 0 saturated heterocycles. The Hall–Kier alpha value is -0.680. The molecule has 1 aliphatic heterocycles. The monoisotopic (exact) mass is 273 g/mol. The van der Waals surface area contributed by atoms with Gasteiger partial charge in [-0.25, -0.2) is 4.55 Å². The van der Waals surface area contributed by atoms with Crippen molar-refractivity contribution >= 4 is 20.4 Å². The molecule has 1 heterocycles. The van der Waals surface area contributed by atoms with E-state index in [1.165, 1.54) is 20.2 Å². The molecule has 2 unspecified atom stereocenters. The molecule has 0 spiro atoms. The number of hydrogen-bond acceptors (Lipinski definition) is 5. The summed E-state index contributed by atoms with van der Waals surface area (Å²) in [4.78, 5) is 1.01. The van der Waals surface area contributed by atoms with Crippen molar-refractivity contribution in [1.29, 1.82) is 0 Å². The Bertz CT molecular complexity index is 509. The molecule has 0 saturated carbocycles. The van der Waals surface area contributed by atoms with Crippen LogP contribution in [0.25, 0.3) is 0 Å². The molecule has 0 aliphatic carbocycles. The summed E-state index contributed by atoms with van der Waals surface area (Å²) in [5.41, 5.74) is -1.78. The van der Waals surface area contributed by atoms with E-state index in [-0.39, 0.29) is 6.54 Å². The molecular formula is C6H13N2O6S2+. The molecule has 0 radical (unpaired) electrons. The average Bonchev–Trinajstić information content (AvgIpc) is 2.41. The van der Waals surface area contributed by atoms with Crippen LogP contribution in [0.4, 0.5) is 0 Å². The zero-order valence-corrected chi connectivity index (χ0v) is 10.3. The Morgan fingerprint density at radius 1 is 1.31 bits per heavy atom. The number of quaternary nitrogens is 1. The van der Waals surface area contributed by atoms with Crippen LogP contribution >= 0.6 is 0 Å². The lowest BCUT2D eigenvalue weighted by atomic mass is 10.6. The normalized spacial score (nSPS) is 31.0. The van der Waals surface area contributed by atoms with E-state index < -0.39 is 29.8 Å². The largest absolute Gasteiger partial charge is 0.440 e. The van der Waals surface area contributed by atoms with E-state index in [1.807, 2.05) is 0 Å². The van der Waals surface area contributed by atoms with Gasteiger partial charge in [0.15, 0.2) is 0 Å². The quantitative estimate of drug-likeness (QED) is 0.512. The smallest absolute Gasteiger partial charge is 0.311 e. The van der Waals surface area contributed by atoms with Gasteiger partial charge in [-0.2, -0.15) is 8.42 Å². The molecule has 2 atom stereocenters. The van der Waals surface area contributed by atoms with E-state index in [0.717, 1.165) is 11.1 Å². The Morgan fingerprint density at radius 2 is 1.81 bits per heavy atom. The molecule has 0 bridgehead atoms. The number of hydrogen-bond donors (Lipinski definition) is 2. The first-order valence-corrected chi connectivity index (χ1v) is 7.19. The lowest BCUT2D eigenvalue weighted by Crippen LogP contribution is -2.59. The van der Waals surface area contributed by atoms with Gasteiger partial charge in [0, 0.05) is 7.05 Å². The van der Waals surface area contributed by atoms with Crippen molar-refractivity contribution in [3.8, 4) is 0 Å². The number of rotatable bonds is 3. The van der Waals surface area contributed by atoms with Crippen LogP contribution in [0.5, 0.6) is 0 Å². The molecule has 0 aromatic carbocycles. The van der Waals surface area contributed by atoms with Gasteiger partial charge in [-0.15, -0.1) is 12.3 Å². The molecule has 0 fully saturated rings. The SMILES string of the molecule is CC[N+]1(S(=O)(=O)O)C=CN(C)C1S(=O)(=O)O. The van der Waals surface area contributed by atoms with Crippen LogP contribution in [0.15, 0.2) is 12.4 Å². The van der Waals surface area contributed by atoms with Gasteiger partial charge in [-0.1, -0.05) is 0 Å². The van der Waals surface area contributed by atoms with Crippen LogP contribution in [0.1, 0.15) is 6.92 Å². The molecule has 94 valence electrons. The van der Waals surface area contributed by atoms with Crippen LogP contribution in [0.2, 0.25) is 0 Å². The predicted octanol–water partition coefficient (Wildman–Crippen LogP) is -0.786. The first kappa shape index (κ1) is 13.4. The maximum atomic E-state index is 11.3. The van der Waals surface area contributed by atoms with Crippen LogP contribution in [-0.2, 0) is 20.4 Å². The third kappa shape index (κ3) is 1.82. The maximum Gasteiger partial charge on any atom is 0.440 e. The molecule has 10 heteroatoms. The molecule has 1 rings (SSSR count). The van der Waals surface area contributed by atoms with Crippen molar-refractivity contribution < 1.29 is 29.8 Å². The highest BCUT2D eigenvalue weighted by Crippen LogP contribution is 2.31. The number of nitrogens with zero attached hydrogens (tertiary/aromatic N) is 2. The molecular weight excluding hydrogens is 260 g/mol. The topological polar surface area (TPSA) is 112 Å². The highest BCUT2D eigenvalue weighted by Gasteiger charge is 2.57. The van der Waals surface area contributed by atoms with Crippen molar-refractivity contribution in [3.63, 3.8) is 0 Å². The fourth-order valence-corrected chi connectivity index (χ4v) is 4.45. The van der Waals surface area contributed by atoms with Gasteiger partial charge in [-0.05, 0) is 6.92 Å². The van der Waals surface area contributed by atoms with Crippen LogP contribution in [-0.4, -0.2) is 53.8 Å². The summed E-state index contributed by atoms with van der Waals surface area (Å²) in [5.74, 6) is 0. The van der Waals surface area contributed by atoms with Gasteiger partial charge in [0.25, 0.3) is 0 Å². The fourth-order valence-electron chi connectivity index (χ4n) is 1.72. The minimum Gasteiger partial charge on any atom is -0.311 e. The highest BCUT2D eigenvalue weighted by molar-refractivity contribution is 7.87. The van der Waals surface area contributed by atoms with E-state index in [0.29, 0.717) is 0 Å². The first-order valence-electron chi connectivity index (χ1n) is 4.29. The Balaban J connectivity index is 3.48. The van der Waals surface area contributed by atoms with Gasteiger partial charge in [0.05, 0.1) is 12.7 Å². The maximum absolute atomic E-state index is 11.3. The first-order chi connectivity index (χ1) is 7.06. The molecule has 0 amide bonds. The minimum atomic E-state index is -4.71. The second-order valence-corrected chi connectivity index (χ2v) is 6.45. The summed E-state index contributed by atoms with van der Waals surface area (Å²) in [6.07, 6.45) is 2.18. The molecule has 0 aromatic rings. The zero-order valence-electron chi connectivity index (χ0n) is 8.68. The van der Waals surface area contributed by atoms with E-state index in [4.69, 9.17) is 9.11 Å². The standard InChI is InChI=1S/C6H12N2O6S2/c1-3-8(16(12,13)14)5-4-7(2)6(8)15(9,10)11/h4-6H,3H2,1-2H3,(H-,9,10,11,12,13,14)/p+1. The lowest BCUT2D eigenvalue weighted by Gasteiger charge is -2.32. The van der Waals surface area contributed by atoms with E-state index >= 15 is 0 Å². The average molecular weight is 273 g/mol. The van der Waals surface area contributed by atoms with E-state index in [2.05, 4.69) is 0 Å². The summed E-state index contributed by atoms with van der Waals surface area (Å²) in [7, 11) is -8.08. The zero-order chi connectivity index (χ0) is 12.8. The van der Waals surface area contributed by atoms with E-state index in [1.54, 1.807) is 0 Å². The molecule has 8 nitrogen and oxygen atoms in total. The second-order valence-electron chi connectivity index (χ2n) is 3.42. The third-order valence-corrected chi connectivity index (χ3v) is 5.28. The highest BCUT2D eigenvalue weighted by atomic mass is 32.2. The summed E-state index contributed by atoms with van der Waals surface area (Å²) in [5, 5.41) is 0. The van der Waals surface area contributed by atoms with Crippen molar-refractivity contribution in [2.24, 2.45) is 0 Å². The summed E-state index contributed by atoms with van der Waals surface area (Å²) < 4.78 is 61.7. The van der Waals surface area contributed by atoms with Crippen molar-refractivity contribution in [1.82, 2.24) is 4.90 Å². The molecule has 0 aromatic heterocycles. The van der Waals surface area contributed by atoms with Gasteiger partial charge in [-0.3, -0.25) is 4.55 Å². The van der Waals surface area contributed by atoms with Crippen LogP contribution < -0.4 is 0 Å².